The Kier molecular flexibility index (Phi) is 6.72. The third-order valence-electron chi connectivity index (χ3n) is 4.52. The first-order chi connectivity index (χ1) is 10.2. The van der Waals surface area contributed by atoms with Crippen LogP contribution >= 0.6 is 0 Å². The molecule has 0 aromatic heterocycles. The molecule has 0 saturated carbocycles. The monoisotopic (exact) mass is 288 g/mol. The lowest BCUT2D eigenvalue weighted by Crippen LogP contribution is -2.39. The van der Waals surface area contributed by atoms with Crippen molar-refractivity contribution < 1.29 is 0 Å². The Labute approximate surface area is 130 Å². The summed E-state index contributed by atoms with van der Waals surface area (Å²) < 4.78 is 0. The molecule has 1 aliphatic heterocycles. The first-order valence-electron chi connectivity index (χ1n) is 8.71. The van der Waals surface area contributed by atoms with Crippen molar-refractivity contribution in [2.45, 2.75) is 52.5 Å². The van der Waals surface area contributed by atoms with Crippen molar-refractivity contribution in [2.75, 3.05) is 26.2 Å². The maximum Gasteiger partial charge on any atom is 0.0233 e. The highest BCUT2D eigenvalue weighted by Crippen LogP contribution is 2.20. The van der Waals surface area contributed by atoms with Gasteiger partial charge in [0.1, 0.15) is 0 Å². The van der Waals surface area contributed by atoms with Crippen molar-refractivity contribution in [2.24, 2.45) is 5.92 Å². The maximum atomic E-state index is 3.58. The third kappa shape index (κ3) is 5.44. The number of nitrogens with zero attached hydrogens (tertiary/aromatic N) is 1. The van der Waals surface area contributed by atoms with Crippen LogP contribution in [0.5, 0.6) is 0 Å². The van der Waals surface area contributed by atoms with Crippen LogP contribution in [0.2, 0.25) is 0 Å². The van der Waals surface area contributed by atoms with Crippen molar-refractivity contribution >= 4 is 0 Å². The van der Waals surface area contributed by atoms with Gasteiger partial charge in [-0.3, -0.25) is 4.90 Å². The number of piperidine rings is 1. The summed E-state index contributed by atoms with van der Waals surface area (Å²) in [5, 5.41) is 3.58. The van der Waals surface area contributed by atoms with E-state index in [0.717, 1.165) is 19.0 Å². The molecule has 1 fully saturated rings. The van der Waals surface area contributed by atoms with E-state index in [1.54, 1.807) is 0 Å². The summed E-state index contributed by atoms with van der Waals surface area (Å²) in [5.41, 5.74) is 2.90. The fourth-order valence-corrected chi connectivity index (χ4v) is 3.21. The molecule has 1 atom stereocenters. The average molecular weight is 288 g/mol. The van der Waals surface area contributed by atoms with Crippen LogP contribution < -0.4 is 5.32 Å². The second-order valence-electron chi connectivity index (χ2n) is 6.84. The molecule has 118 valence electrons. The first-order valence-corrected chi connectivity index (χ1v) is 8.71. The highest BCUT2D eigenvalue weighted by molar-refractivity contribution is 5.24. The topological polar surface area (TPSA) is 15.3 Å². The number of nitrogens with one attached hydrogen (secondary N) is 1. The van der Waals surface area contributed by atoms with E-state index in [-0.39, 0.29) is 0 Å². The van der Waals surface area contributed by atoms with Gasteiger partial charge in [0.15, 0.2) is 0 Å². The molecule has 2 heteroatoms. The smallest absolute Gasteiger partial charge is 0.0233 e. The molecular formula is C19H32N2. The van der Waals surface area contributed by atoms with Gasteiger partial charge in [0, 0.05) is 13.1 Å². The Bertz CT molecular complexity index is 397. The Morgan fingerprint density at radius 1 is 1.24 bits per heavy atom. The summed E-state index contributed by atoms with van der Waals surface area (Å²) in [6.45, 7) is 12.7. The molecule has 1 unspecified atom stereocenters. The minimum atomic E-state index is 0.628. The van der Waals surface area contributed by atoms with E-state index in [9.17, 15) is 0 Å². The summed E-state index contributed by atoms with van der Waals surface area (Å²) in [6.07, 6.45) is 3.97. The Hall–Kier alpha value is -0.860. The van der Waals surface area contributed by atoms with Crippen molar-refractivity contribution in [3.63, 3.8) is 0 Å². The SMILES string of the molecule is CCCNCC1CCCN(Cc2ccc(C(C)C)cc2)C1. The fourth-order valence-electron chi connectivity index (χ4n) is 3.21. The molecule has 1 saturated heterocycles. The van der Waals surface area contributed by atoms with Gasteiger partial charge in [-0.25, -0.2) is 0 Å². The number of rotatable bonds is 7. The van der Waals surface area contributed by atoms with Gasteiger partial charge >= 0.3 is 0 Å². The van der Waals surface area contributed by atoms with E-state index < -0.39 is 0 Å². The minimum Gasteiger partial charge on any atom is -0.316 e. The van der Waals surface area contributed by atoms with E-state index in [0.29, 0.717) is 5.92 Å². The van der Waals surface area contributed by atoms with Gasteiger partial charge in [-0.05, 0) is 61.9 Å². The van der Waals surface area contributed by atoms with E-state index in [1.165, 1.54) is 50.0 Å². The molecule has 21 heavy (non-hydrogen) atoms. The molecule has 1 N–H and O–H groups in total. The second kappa shape index (κ2) is 8.55. The number of benzene rings is 1. The van der Waals surface area contributed by atoms with Gasteiger partial charge in [0.2, 0.25) is 0 Å². The van der Waals surface area contributed by atoms with Crippen LogP contribution in [0.15, 0.2) is 24.3 Å². The molecular weight excluding hydrogens is 256 g/mol. The van der Waals surface area contributed by atoms with E-state index in [1.807, 2.05) is 0 Å². The summed E-state index contributed by atoms with van der Waals surface area (Å²) in [4.78, 5) is 2.63. The molecule has 0 radical (unpaired) electrons. The van der Waals surface area contributed by atoms with Crippen molar-refractivity contribution in [1.82, 2.24) is 10.2 Å². The lowest BCUT2D eigenvalue weighted by atomic mass is 9.97. The van der Waals surface area contributed by atoms with Crippen molar-refractivity contribution in [3.8, 4) is 0 Å². The lowest BCUT2D eigenvalue weighted by molar-refractivity contribution is 0.165. The van der Waals surface area contributed by atoms with Crippen molar-refractivity contribution in [1.29, 1.82) is 0 Å². The zero-order valence-corrected chi connectivity index (χ0v) is 14.1. The molecule has 1 aromatic rings. The molecule has 0 aliphatic carbocycles. The molecule has 2 nitrogen and oxygen atoms in total. The quantitative estimate of drug-likeness (QED) is 0.762. The summed E-state index contributed by atoms with van der Waals surface area (Å²) in [5.74, 6) is 1.46. The highest BCUT2D eigenvalue weighted by atomic mass is 15.1. The largest absolute Gasteiger partial charge is 0.316 e. The minimum absolute atomic E-state index is 0.628. The summed E-state index contributed by atoms with van der Waals surface area (Å²) in [6, 6.07) is 9.22. The molecule has 1 heterocycles. The normalized spacial score (nSPS) is 20.1. The summed E-state index contributed by atoms with van der Waals surface area (Å²) >= 11 is 0. The van der Waals surface area contributed by atoms with E-state index in [2.05, 4.69) is 55.3 Å². The molecule has 2 rings (SSSR count). The van der Waals surface area contributed by atoms with Crippen LogP contribution in [0, 0.1) is 5.92 Å². The third-order valence-corrected chi connectivity index (χ3v) is 4.52. The first kappa shape index (κ1) is 16.5. The van der Waals surface area contributed by atoms with Gasteiger partial charge < -0.3 is 5.32 Å². The van der Waals surface area contributed by atoms with Gasteiger partial charge in [0.05, 0.1) is 0 Å². The van der Waals surface area contributed by atoms with Gasteiger partial charge in [-0.2, -0.15) is 0 Å². The summed E-state index contributed by atoms with van der Waals surface area (Å²) in [7, 11) is 0. The molecule has 0 amide bonds. The Balaban J connectivity index is 1.81. The highest BCUT2D eigenvalue weighted by Gasteiger charge is 2.19. The van der Waals surface area contributed by atoms with Gasteiger partial charge in [-0.1, -0.05) is 45.0 Å². The van der Waals surface area contributed by atoms with Crippen LogP contribution in [-0.2, 0) is 6.54 Å². The number of hydrogen-bond donors (Lipinski definition) is 1. The predicted molar refractivity (Wildman–Crippen MR) is 91.7 cm³/mol. The second-order valence-corrected chi connectivity index (χ2v) is 6.84. The van der Waals surface area contributed by atoms with E-state index >= 15 is 0 Å². The Morgan fingerprint density at radius 3 is 2.67 bits per heavy atom. The van der Waals surface area contributed by atoms with Crippen LogP contribution in [0.4, 0.5) is 0 Å². The van der Waals surface area contributed by atoms with E-state index in [4.69, 9.17) is 0 Å². The zero-order valence-electron chi connectivity index (χ0n) is 14.1. The lowest BCUT2D eigenvalue weighted by Gasteiger charge is -2.33. The number of hydrogen-bond acceptors (Lipinski definition) is 2. The van der Waals surface area contributed by atoms with Crippen LogP contribution in [0.3, 0.4) is 0 Å². The molecule has 1 aromatic carbocycles. The zero-order chi connectivity index (χ0) is 15.1. The number of likely N-dealkylation sites (tertiary alicyclic amines) is 1. The predicted octanol–water partition coefficient (Wildman–Crippen LogP) is 4.02. The maximum absolute atomic E-state index is 3.58. The molecule has 1 aliphatic rings. The fraction of sp³-hybridized carbons (Fsp3) is 0.684. The average Bonchev–Trinajstić information content (AvgIpc) is 2.48. The van der Waals surface area contributed by atoms with Crippen LogP contribution in [0.1, 0.15) is 57.1 Å². The Morgan fingerprint density at radius 2 is 2.00 bits per heavy atom. The standard InChI is InChI=1S/C19H32N2/c1-4-11-20-13-18-6-5-12-21(15-18)14-17-7-9-19(10-8-17)16(2)3/h7-10,16,18,20H,4-6,11-15H2,1-3H3. The van der Waals surface area contributed by atoms with Crippen LogP contribution in [0.25, 0.3) is 0 Å². The van der Waals surface area contributed by atoms with Crippen molar-refractivity contribution in [3.05, 3.63) is 35.4 Å². The van der Waals surface area contributed by atoms with Crippen LogP contribution in [-0.4, -0.2) is 31.1 Å². The molecule has 0 bridgehead atoms. The van der Waals surface area contributed by atoms with Gasteiger partial charge in [-0.15, -0.1) is 0 Å². The van der Waals surface area contributed by atoms with Gasteiger partial charge in [0.25, 0.3) is 0 Å². The molecule has 0 spiro atoms.